The molecule has 18 heavy (non-hydrogen) atoms. The Morgan fingerprint density at radius 2 is 2.33 bits per heavy atom. The molecule has 5 heteroatoms. The first kappa shape index (κ1) is 15.4. The molecule has 0 aromatic rings. The molecule has 0 bridgehead atoms. The average molecular weight is 259 g/mol. The zero-order valence-corrected chi connectivity index (χ0v) is 11.7. The van der Waals surface area contributed by atoms with Crippen LogP contribution in [0.4, 0.5) is 0 Å². The summed E-state index contributed by atoms with van der Waals surface area (Å²) in [5.41, 5.74) is -0.696. The zero-order valence-electron chi connectivity index (χ0n) is 11.7. The van der Waals surface area contributed by atoms with Crippen molar-refractivity contribution in [2.24, 2.45) is 0 Å². The van der Waals surface area contributed by atoms with Crippen LogP contribution in [-0.4, -0.2) is 51.1 Å². The van der Waals surface area contributed by atoms with Crippen LogP contribution in [0.5, 0.6) is 0 Å². The summed E-state index contributed by atoms with van der Waals surface area (Å²) >= 11 is 0. The van der Waals surface area contributed by atoms with Gasteiger partial charge in [-0.3, -0.25) is 10.1 Å². The van der Waals surface area contributed by atoms with Gasteiger partial charge in [-0.25, -0.2) is 0 Å². The minimum atomic E-state index is -0.696. The fourth-order valence-electron chi connectivity index (χ4n) is 2.00. The first-order valence-electron chi connectivity index (χ1n) is 6.65. The lowest BCUT2D eigenvalue weighted by Gasteiger charge is -2.29. The van der Waals surface area contributed by atoms with E-state index in [0.717, 1.165) is 19.4 Å². The highest BCUT2D eigenvalue weighted by Gasteiger charge is 2.35. The third-order valence-electron chi connectivity index (χ3n) is 3.28. The Morgan fingerprint density at radius 3 is 2.89 bits per heavy atom. The largest absolute Gasteiger partial charge is 0.465 e. The van der Waals surface area contributed by atoms with Crippen LogP contribution in [0.2, 0.25) is 0 Å². The Balaban J connectivity index is 2.49. The number of hydrogen-bond acceptors (Lipinski definition) is 5. The van der Waals surface area contributed by atoms with Gasteiger partial charge < -0.3 is 14.2 Å². The lowest BCUT2D eigenvalue weighted by Crippen LogP contribution is -2.53. The molecule has 5 nitrogen and oxygen atoms in total. The molecule has 106 valence electrons. The molecule has 1 fully saturated rings. The smallest absolute Gasteiger partial charge is 0.326 e. The van der Waals surface area contributed by atoms with Crippen LogP contribution in [0, 0.1) is 0 Å². The number of nitrogens with one attached hydrogen (secondary N) is 1. The molecule has 1 aliphatic heterocycles. The van der Waals surface area contributed by atoms with Crippen molar-refractivity contribution in [3.8, 4) is 0 Å². The van der Waals surface area contributed by atoms with Crippen LogP contribution in [0.25, 0.3) is 0 Å². The third kappa shape index (κ3) is 4.55. The van der Waals surface area contributed by atoms with Crippen LogP contribution < -0.4 is 5.32 Å². The number of ether oxygens (including phenoxy) is 3. The summed E-state index contributed by atoms with van der Waals surface area (Å²) in [5.74, 6) is -0.222. The second-order valence-electron chi connectivity index (χ2n) is 4.81. The number of esters is 1. The summed E-state index contributed by atoms with van der Waals surface area (Å²) in [6.07, 6.45) is 2.95. The quantitative estimate of drug-likeness (QED) is 0.662. The van der Waals surface area contributed by atoms with E-state index in [9.17, 15) is 4.79 Å². The van der Waals surface area contributed by atoms with Gasteiger partial charge in [-0.15, -0.1) is 0 Å². The molecule has 1 saturated heterocycles. The van der Waals surface area contributed by atoms with Crippen molar-refractivity contribution in [2.45, 2.75) is 44.8 Å². The fourth-order valence-corrected chi connectivity index (χ4v) is 2.00. The van der Waals surface area contributed by atoms with Crippen molar-refractivity contribution in [3.05, 3.63) is 0 Å². The molecular weight excluding hydrogens is 234 g/mol. The van der Waals surface area contributed by atoms with Crippen molar-refractivity contribution in [3.63, 3.8) is 0 Å². The molecule has 1 rings (SSSR count). The van der Waals surface area contributed by atoms with E-state index < -0.39 is 5.54 Å². The van der Waals surface area contributed by atoms with Crippen LogP contribution in [0.1, 0.15) is 33.1 Å². The van der Waals surface area contributed by atoms with Crippen LogP contribution in [0.15, 0.2) is 0 Å². The molecule has 2 unspecified atom stereocenters. The van der Waals surface area contributed by atoms with Gasteiger partial charge in [0.1, 0.15) is 5.54 Å². The van der Waals surface area contributed by atoms with Crippen molar-refractivity contribution in [1.82, 2.24) is 5.32 Å². The van der Waals surface area contributed by atoms with Crippen LogP contribution >= 0.6 is 0 Å². The molecule has 1 heterocycles. The van der Waals surface area contributed by atoms with E-state index in [1.165, 1.54) is 0 Å². The van der Waals surface area contributed by atoms with Gasteiger partial charge in [-0.2, -0.15) is 0 Å². The van der Waals surface area contributed by atoms with Gasteiger partial charge in [0.2, 0.25) is 0 Å². The summed E-state index contributed by atoms with van der Waals surface area (Å²) in [6, 6.07) is 0. The van der Waals surface area contributed by atoms with E-state index in [2.05, 4.69) is 5.32 Å². The van der Waals surface area contributed by atoms with Gasteiger partial charge in [-0.05, 0) is 33.1 Å². The fraction of sp³-hybridized carbons (Fsp3) is 0.923. The summed E-state index contributed by atoms with van der Waals surface area (Å²) in [4.78, 5) is 12.0. The predicted octanol–water partition coefficient (Wildman–Crippen LogP) is 1.11. The predicted molar refractivity (Wildman–Crippen MR) is 68.5 cm³/mol. The average Bonchev–Trinajstić information content (AvgIpc) is 2.87. The molecule has 2 atom stereocenters. The first-order valence-corrected chi connectivity index (χ1v) is 6.65. The molecule has 1 N–H and O–H groups in total. The molecule has 0 saturated carbocycles. The van der Waals surface area contributed by atoms with Gasteiger partial charge in [0.25, 0.3) is 0 Å². The molecule has 0 spiro atoms. The van der Waals surface area contributed by atoms with E-state index in [1.807, 2.05) is 13.8 Å². The van der Waals surface area contributed by atoms with Crippen molar-refractivity contribution in [1.29, 1.82) is 0 Å². The number of carbonyl (C=O) groups excluding carboxylic acids is 1. The van der Waals surface area contributed by atoms with Crippen molar-refractivity contribution >= 4 is 5.97 Å². The number of carbonyl (C=O) groups is 1. The topological polar surface area (TPSA) is 56.8 Å². The molecule has 0 aliphatic carbocycles. The highest BCUT2D eigenvalue weighted by molar-refractivity contribution is 5.80. The molecule has 1 aliphatic rings. The van der Waals surface area contributed by atoms with Crippen LogP contribution in [0.3, 0.4) is 0 Å². The van der Waals surface area contributed by atoms with E-state index in [4.69, 9.17) is 14.2 Å². The maximum atomic E-state index is 12.0. The van der Waals surface area contributed by atoms with Gasteiger partial charge in [0.15, 0.2) is 0 Å². The molecule has 0 amide bonds. The Hall–Kier alpha value is -0.650. The standard InChI is InChI=1S/C13H25NO4/c1-4-17-12(15)13(2,7-9-16-3)14-10-11-6-5-8-18-11/h11,14H,4-10H2,1-3H3. The second kappa shape index (κ2) is 7.71. The summed E-state index contributed by atoms with van der Waals surface area (Å²) in [5, 5.41) is 3.28. The van der Waals surface area contributed by atoms with E-state index in [-0.39, 0.29) is 12.1 Å². The Bertz CT molecular complexity index is 253. The van der Waals surface area contributed by atoms with Crippen molar-refractivity contribution in [2.75, 3.05) is 33.5 Å². The van der Waals surface area contributed by atoms with Gasteiger partial charge in [0.05, 0.1) is 12.7 Å². The second-order valence-corrected chi connectivity index (χ2v) is 4.81. The summed E-state index contributed by atoms with van der Waals surface area (Å²) in [6.45, 7) is 6.09. The van der Waals surface area contributed by atoms with E-state index >= 15 is 0 Å². The zero-order chi connectivity index (χ0) is 13.4. The summed E-state index contributed by atoms with van der Waals surface area (Å²) < 4.78 is 15.7. The molecular formula is C13H25NO4. The number of methoxy groups -OCH3 is 1. The van der Waals surface area contributed by atoms with Gasteiger partial charge in [0, 0.05) is 26.9 Å². The lowest BCUT2D eigenvalue weighted by molar-refractivity contribution is -0.151. The normalized spacial score (nSPS) is 22.7. The highest BCUT2D eigenvalue weighted by atomic mass is 16.5. The monoisotopic (exact) mass is 259 g/mol. The number of hydrogen-bond donors (Lipinski definition) is 1. The Labute approximate surface area is 109 Å². The maximum absolute atomic E-state index is 12.0. The molecule has 0 radical (unpaired) electrons. The first-order chi connectivity index (χ1) is 8.62. The third-order valence-corrected chi connectivity index (χ3v) is 3.28. The molecule has 0 aromatic carbocycles. The summed E-state index contributed by atoms with van der Waals surface area (Å²) in [7, 11) is 1.63. The lowest BCUT2D eigenvalue weighted by atomic mass is 9.98. The van der Waals surface area contributed by atoms with Gasteiger partial charge in [-0.1, -0.05) is 0 Å². The Kier molecular flexibility index (Phi) is 6.60. The minimum Gasteiger partial charge on any atom is -0.465 e. The Morgan fingerprint density at radius 1 is 1.56 bits per heavy atom. The molecule has 0 aromatic heterocycles. The highest BCUT2D eigenvalue weighted by Crippen LogP contribution is 2.16. The van der Waals surface area contributed by atoms with E-state index in [0.29, 0.717) is 26.2 Å². The maximum Gasteiger partial charge on any atom is 0.326 e. The van der Waals surface area contributed by atoms with Gasteiger partial charge >= 0.3 is 5.97 Å². The number of rotatable bonds is 8. The SMILES string of the molecule is CCOC(=O)C(C)(CCOC)NCC1CCCO1. The minimum absolute atomic E-state index is 0.210. The van der Waals surface area contributed by atoms with E-state index in [1.54, 1.807) is 7.11 Å². The van der Waals surface area contributed by atoms with Crippen molar-refractivity contribution < 1.29 is 19.0 Å². The van der Waals surface area contributed by atoms with Crippen LogP contribution in [-0.2, 0) is 19.0 Å².